The molecule has 0 bridgehead atoms. The second-order valence-corrected chi connectivity index (χ2v) is 11.8. The monoisotopic (exact) mass is 557 g/mol. The highest BCUT2D eigenvalue weighted by Gasteiger charge is 2.54. The normalized spacial score (nSPS) is 22.5. The molecular formula is C32H32ClN3O4. The van der Waals surface area contributed by atoms with Crippen LogP contribution in [-0.4, -0.2) is 38.2 Å². The van der Waals surface area contributed by atoms with E-state index in [0.29, 0.717) is 35.4 Å². The number of fused-ring (bicyclic) bond motifs is 1. The Balaban J connectivity index is 1.21. The number of benzene rings is 2. The Labute approximate surface area is 238 Å². The summed E-state index contributed by atoms with van der Waals surface area (Å²) in [7, 11) is 0. The standard InChI is InChI=1S/C32H32ClN3O4/c1-3-40-29-13-23(10-11-34-29)22-6-4-21(5-7-22)19(2)36-30-25(8-9-27(33)26(30)18-35-36)28(37)12-20-14-32(15-20)16-24(17-32)31(38)39/h4-11,13,18-20,24H,3,12,14-17H2,1-2H3,(H,38,39). The summed E-state index contributed by atoms with van der Waals surface area (Å²) in [6, 6.07) is 15.7. The van der Waals surface area contributed by atoms with Crippen LogP contribution in [0.5, 0.6) is 5.88 Å². The molecule has 0 amide bonds. The van der Waals surface area contributed by atoms with E-state index in [0.717, 1.165) is 53.3 Å². The minimum absolute atomic E-state index is 0.0858. The van der Waals surface area contributed by atoms with Crippen LogP contribution in [0.25, 0.3) is 22.0 Å². The molecule has 1 N–H and O–H groups in total. The van der Waals surface area contributed by atoms with Gasteiger partial charge in [0.25, 0.3) is 0 Å². The van der Waals surface area contributed by atoms with E-state index >= 15 is 0 Å². The van der Waals surface area contributed by atoms with E-state index in [1.807, 2.05) is 29.8 Å². The van der Waals surface area contributed by atoms with E-state index in [2.05, 4.69) is 41.3 Å². The zero-order valence-electron chi connectivity index (χ0n) is 22.6. The average molecular weight is 558 g/mol. The molecule has 2 aromatic carbocycles. The predicted octanol–water partition coefficient (Wildman–Crippen LogP) is 7.22. The molecule has 7 nitrogen and oxygen atoms in total. The van der Waals surface area contributed by atoms with E-state index in [1.54, 1.807) is 18.5 Å². The third kappa shape index (κ3) is 4.77. The van der Waals surface area contributed by atoms with Crippen LogP contribution < -0.4 is 4.74 Å². The number of carboxylic acid groups (broad SMARTS) is 1. The number of hydrogen-bond donors (Lipinski definition) is 1. The lowest BCUT2D eigenvalue weighted by atomic mass is 9.47. The lowest BCUT2D eigenvalue weighted by Crippen LogP contribution is -2.50. The first kappa shape index (κ1) is 26.5. The fourth-order valence-electron chi connectivity index (χ4n) is 6.74. The summed E-state index contributed by atoms with van der Waals surface area (Å²) in [5, 5.41) is 15.2. The van der Waals surface area contributed by atoms with Gasteiger partial charge in [0.05, 0.1) is 35.3 Å². The molecule has 2 aliphatic rings. The minimum Gasteiger partial charge on any atom is -0.481 e. The summed E-state index contributed by atoms with van der Waals surface area (Å²) in [6.45, 7) is 4.57. The molecular weight excluding hydrogens is 526 g/mol. The Hall–Kier alpha value is -3.71. The molecule has 0 aliphatic heterocycles. The molecule has 6 rings (SSSR count). The first-order valence-corrected chi connectivity index (χ1v) is 14.3. The second-order valence-electron chi connectivity index (χ2n) is 11.4. The zero-order valence-corrected chi connectivity index (χ0v) is 23.4. The van der Waals surface area contributed by atoms with Gasteiger partial charge in [-0.1, -0.05) is 35.9 Å². The van der Waals surface area contributed by atoms with Gasteiger partial charge in [0.1, 0.15) is 0 Å². The Morgan fingerprint density at radius 3 is 2.55 bits per heavy atom. The van der Waals surface area contributed by atoms with Gasteiger partial charge in [0.2, 0.25) is 5.88 Å². The Morgan fingerprint density at radius 1 is 1.10 bits per heavy atom. The van der Waals surface area contributed by atoms with Crippen LogP contribution in [0.15, 0.2) is 60.9 Å². The van der Waals surface area contributed by atoms with Crippen molar-refractivity contribution in [2.24, 2.45) is 17.3 Å². The first-order valence-electron chi connectivity index (χ1n) is 13.9. The molecule has 0 radical (unpaired) electrons. The number of rotatable bonds is 9. The van der Waals surface area contributed by atoms with Crippen LogP contribution in [-0.2, 0) is 4.79 Å². The molecule has 1 unspecified atom stereocenters. The second kappa shape index (κ2) is 10.4. The molecule has 0 saturated heterocycles. The summed E-state index contributed by atoms with van der Waals surface area (Å²) in [4.78, 5) is 29.0. The molecule has 206 valence electrons. The van der Waals surface area contributed by atoms with Crippen molar-refractivity contribution in [2.75, 3.05) is 6.61 Å². The maximum absolute atomic E-state index is 13.6. The molecule has 2 saturated carbocycles. The number of Topliss-reactive ketones (excluding diaryl/α,β-unsaturated/α-hetero) is 1. The molecule has 2 aromatic heterocycles. The van der Waals surface area contributed by atoms with E-state index in [1.165, 1.54) is 0 Å². The summed E-state index contributed by atoms with van der Waals surface area (Å²) < 4.78 is 7.44. The molecule has 2 fully saturated rings. The summed E-state index contributed by atoms with van der Waals surface area (Å²) in [6.07, 6.45) is 7.31. The fourth-order valence-corrected chi connectivity index (χ4v) is 6.94. The van der Waals surface area contributed by atoms with Crippen molar-refractivity contribution >= 4 is 34.3 Å². The van der Waals surface area contributed by atoms with Gasteiger partial charge in [-0.15, -0.1) is 0 Å². The Bertz CT molecular complexity index is 1580. The van der Waals surface area contributed by atoms with E-state index in [9.17, 15) is 14.7 Å². The van der Waals surface area contributed by atoms with Crippen molar-refractivity contribution < 1.29 is 19.4 Å². The van der Waals surface area contributed by atoms with Gasteiger partial charge < -0.3 is 9.84 Å². The van der Waals surface area contributed by atoms with Crippen molar-refractivity contribution in [1.82, 2.24) is 14.8 Å². The number of carbonyl (C=O) groups excluding carboxylic acids is 1. The predicted molar refractivity (Wildman–Crippen MR) is 154 cm³/mol. The molecule has 40 heavy (non-hydrogen) atoms. The Kier molecular flexibility index (Phi) is 6.87. The van der Waals surface area contributed by atoms with Crippen molar-refractivity contribution in [3.8, 4) is 17.0 Å². The van der Waals surface area contributed by atoms with Gasteiger partial charge >= 0.3 is 5.97 Å². The van der Waals surface area contributed by atoms with Crippen LogP contribution >= 0.6 is 11.6 Å². The highest BCUT2D eigenvalue weighted by molar-refractivity contribution is 6.36. The third-order valence-electron chi connectivity index (χ3n) is 8.75. The topological polar surface area (TPSA) is 94.3 Å². The number of halogens is 1. The van der Waals surface area contributed by atoms with Crippen molar-refractivity contribution in [3.63, 3.8) is 0 Å². The summed E-state index contributed by atoms with van der Waals surface area (Å²) >= 11 is 6.54. The van der Waals surface area contributed by atoms with Crippen molar-refractivity contribution in [3.05, 3.63) is 77.1 Å². The molecule has 1 atom stereocenters. The molecule has 1 spiro atoms. The SMILES string of the molecule is CCOc1cc(-c2ccc(C(C)n3ncc4c(Cl)ccc(C(=O)CC5CC6(C5)CC(C(=O)O)C6)c43)cc2)ccn1. The molecule has 2 heterocycles. The highest BCUT2D eigenvalue weighted by Crippen LogP contribution is 2.62. The number of pyridine rings is 1. The number of ether oxygens (including phenoxy) is 1. The Morgan fingerprint density at radius 2 is 1.85 bits per heavy atom. The van der Waals surface area contributed by atoms with Crippen LogP contribution in [0, 0.1) is 17.3 Å². The van der Waals surface area contributed by atoms with Crippen molar-refractivity contribution in [1.29, 1.82) is 0 Å². The lowest BCUT2D eigenvalue weighted by Gasteiger charge is -2.56. The van der Waals surface area contributed by atoms with Gasteiger partial charge in [-0.05, 0) is 85.8 Å². The quantitative estimate of drug-likeness (QED) is 0.218. The number of ketones is 1. The van der Waals surface area contributed by atoms with Crippen molar-refractivity contribution in [2.45, 2.75) is 52.0 Å². The number of aliphatic carboxylic acids is 1. The van der Waals surface area contributed by atoms with Gasteiger partial charge in [-0.25, -0.2) is 4.98 Å². The number of carbonyl (C=O) groups is 2. The largest absolute Gasteiger partial charge is 0.481 e. The number of carboxylic acids is 1. The zero-order chi connectivity index (χ0) is 28.0. The van der Waals surface area contributed by atoms with E-state index < -0.39 is 5.97 Å². The molecule has 2 aliphatic carbocycles. The maximum Gasteiger partial charge on any atom is 0.306 e. The smallest absolute Gasteiger partial charge is 0.306 e. The van der Waals surface area contributed by atoms with Crippen LogP contribution in [0.3, 0.4) is 0 Å². The molecule has 8 heteroatoms. The third-order valence-corrected chi connectivity index (χ3v) is 9.08. The number of aromatic nitrogens is 3. The number of nitrogens with zero attached hydrogens (tertiary/aromatic N) is 3. The highest BCUT2D eigenvalue weighted by atomic mass is 35.5. The van der Waals surface area contributed by atoms with E-state index in [-0.39, 0.29) is 23.2 Å². The summed E-state index contributed by atoms with van der Waals surface area (Å²) in [5.41, 5.74) is 4.69. The number of hydrogen-bond acceptors (Lipinski definition) is 5. The average Bonchev–Trinajstić information content (AvgIpc) is 3.35. The van der Waals surface area contributed by atoms with Crippen LogP contribution in [0.2, 0.25) is 5.02 Å². The van der Waals surface area contributed by atoms with E-state index in [4.69, 9.17) is 16.3 Å². The van der Waals surface area contributed by atoms with Gasteiger partial charge in [0.15, 0.2) is 5.78 Å². The van der Waals surface area contributed by atoms with Gasteiger partial charge in [-0.3, -0.25) is 14.3 Å². The summed E-state index contributed by atoms with van der Waals surface area (Å²) in [5.74, 6) is 0.0747. The van der Waals surface area contributed by atoms with Crippen LogP contribution in [0.1, 0.15) is 67.9 Å². The van der Waals surface area contributed by atoms with Gasteiger partial charge in [-0.2, -0.15) is 5.10 Å². The first-order chi connectivity index (χ1) is 19.3. The van der Waals surface area contributed by atoms with Crippen LogP contribution in [0.4, 0.5) is 0 Å². The maximum atomic E-state index is 13.6. The minimum atomic E-state index is -0.696. The fraction of sp³-hybridized carbons (Fsp3) is 0.375. The van der Waals surface area contributed by atoms with Gasteiger partial charge in [0, 0.05) is 29.6 Å². The lowest BCUT2D eigenvalue weighted by molar-refractivity contribution is -0.157. The molecule has 4 aromatic rings.